The average molecular weight is 996 g/mol. The number of ether oxygens (including phenoxy) is 2. The second kappa shape index (κ2) is 24.0. The molecule has 4 fully saturated rings. The van der Waals surface area contributed by atoms with E-state index in [0.29, 0.717) is 76.4 Å². The molecule has 4 saturated heterocycles. The molecule has 4 atom stereocenters. The van der Waals surface area contributed by atoms with Crippen LogP contribution < -0.4 is 36.5 Å². The first-order chi connectivity index (χ1) is 32.3. The second-order valence-corrected chi connectivity index (χ2v) is 19.5. The number of benzene rings is 4. The van der Waals surface area contributed by atoms with Crippen molar-refractivity contribution in [1.82, 2.24) is 25.8 Å². The first-order valence-electron chi connectivity index (χ1n) is 23.0. The minimum absolute atomic E-state index is 0.0380. The molecule has 4 unspecified atom stereocenters. The van der Waals surface area contributed by atoms with Crippen LogP contribution in [0.1, 0.15) is 92.1 Å². The predicted molar refractivity (Wildman–Crippen MR) is 264 cm³/mol. The van der Waals surface area contributed by atoms with Crippen molar-refractivity contribution in [1.29, 1.82) is 0 Å². The van der Waals surface area contributed by atoms with Crippen molar-refractivity contribution in [2.75, 3.05) is 25.6 Å². The second-order valence-electron chi connectivity index (χ2n) is 17.7. The van der Waals surface area contributed by atoms with Gasteiger partial charge in [-0.3, -0.25) is 24.2 Å². The van der Waals surface area contributed by atoms with Gasteiger partial charge < -0.3 is 36.5 Å². The van der Waals surface area contributed by atoms with Gasteiger partial charge in [-0.05, 0) is 130 Å². The Kier molecular flexibility index (Phi) is 18.0. The lowest BCUT2D eigenvalue weighted by molar-refractivity contribution is -0.123. The van der Waals surface area contributed by atoms with Crippen molar-refractivity contribution in [2.45, 2.75) is 120 Å². The van der Waals surface area contributed by atoms with Crippen molar-refractivity contribution < 1.29 is 28.7 Å². The average Bonchev–Trinajstić information content (AvgIpc) is 3.66. The lowest BCUT2D eigenvalue weighted by Gasteiger charge is -2.39. The molecule has 17 heteroatoms. The van der Waals surface area contributed by atoms with Crippen LogP contribution in [-0.4, -0.2) is 90.1 Å². The van der Waals surface area contributed by atoms with Crippen molar-refractivity contribution in [3.63, 3.8) is 0 Å². The number of rotatable bonds is 17. The zero-order chi connectivity index (χ0) is 47.5. The molecule has 0 spiro atoms. The topological polar surface area (TPSA) is 167 Å². The Morgan fingerprint density at radius 3 is 1.54 bits per heavy atom. The maximum Gasteiger partial charge on any atom is 0.316 e. The van der Waals surface area contributed by atoms with Gasteiger partial charge in [0.2, 0.25) is 11.8 Å². The molecule has 8 rings (SSSR count). The van der Waals surface area contributed by atoms with Crippen LogP contribution in [-0.2, 0) is 22.7 Å². The maximum absolute atomic E-state index is 12.6. The number of urea groups is 1. The van der Waals surface area contributed by atoms with Crippen molar-refractivity contribution >= 4 is 75.8 Å². The molecule has 4 aliphatic heterocycles. The molecule has 4 bridgehead atoms. The maximum atomic E-state index is 12.6. The number of hydrogen-bond acceptors (Lipinski definition) is 8. The number of nitrogens with one attached hydrogen (secondary N) is 4. The van der Waals surface area contributed by atoms with Crippen LogP contribution in [0.3, 0.4) is 0 Å². The van der Waals surface area contributed by atoms with Gasteiger partial charge in [0.05, 0.1) is 30.9 Å². The number of halogens is 4. The highest BCUT2D eigenvalue weighted by molar-refractivity contribution is 6.31. The standard InChI is InChI=1S/C26H31Cl2N3O3.C24H28Cl2N4O3/c1-29-26(33)23-13-19(28)8-11-24(23)34-12-2-3-25(32)30-20-14-21-9-10-22(15-20)31(21)16-17-4-6-18(27)7-5-17;25-16-3-1-15(2-4-16)14-30-19-6-7-20(30)13-18(12-19)28-23(31)9-10-33-22-8-5-17(26)11-21(22)29-24(27)32/h4-8,11,13,20-22H,2-3,9-10,12,14-16H2,1H3,(H,29,33)(H,30,32);1-5,8,11,18-20H,6-7,9-10,12-14H2,(H,28,31)(H3,27,29,32). The van der Waals surface area contributed by atoms with Crippen LogP contribution in [0.2, 0.25) is 20.1 Å². The summed E-state index contributed by atoms with van der Waals surface area (Å²) in [5, 5.41) is 13.9. The number of nitrogens with two attached hydrogens (primary N) is 1. The van der Waals surface area contributed by atoms with Crippen molar-refractivity contribution in [2.24, 2.45) is 5.73 Å². The molecule has 4 heterocycles. The highest BCUT2D eigenvalue weighted by Crippen LogP contribution is 2.38. The van der Waals surface area contributed by atoms with Gasteiger partial charge in [0, 0.05) is 82.9 Å². The van der Waals surface area contributed by atoms with E-state index in [1.807, 2.05) is 24.3 Å². The summed E-state index contributed by atoms with van der Waals surface area (Å²) in [6.07, 6.45) is 9.80. The van der Waals surface area contributed by atoms with Crippen LogP contribution in [0.4, 0.5) is 10.5 Å². The molecule has 0 radical (unpaired) electrons. The molecule has 6 N–H and O–H groups in total. The number of nitrogens with zero attached hydrogens (tertiary/aromatic N) is 2. The predicted octanol–water partition coefficient (Wildman–Crippen LogP) is 9.39. The van der Waals surface area contributed by atoms with E-state index in [2.05, 4.69) is 55.3 Å². The third-order valence-corrected chi connectivity index (χ3v) is 14.0. The van der Waals surface area contributed by atoms with Gasteiger partial charge in [-0.15, -0.1) is 0 Å². The molecule has 0 aliphatic carbocycles. The number of hydrogen-bond donors (Lipinski definition) is 5. The first kappa shape index (κ1) is 50.1. The zero-order valence-electron chi connectivity index (χ0n) is 37.6. The van der Waals surface area contributed by atoms with Gasteiger partial charge >= 0.3 is 6.03 Å². The van der Waals surface area contributed by atoms with E-state index in [9.17, 15) is 19.2 Å². The Hall–Kier alpha value is -4.76. The molecule has 5 amide bonds. The summed E-state index contributed by atoms with van der Waals surface area (Å²) in [7, 11) is 1.56. The number of anilines is 1. The van der Waals surface area contributed by atoms with Gasteiger partial charge in [-0.25, -0.2) is 4.79 Å². The molecule has 4 aliphatic rings. The lowest BCUT2D eigenvalue weighted by Crippen LogP contribution is -2.50. The van der Waals surface area contributed by atoms with Gasteiger partial charge in [0.15, 0.2) is 0 Å². The Morgan fingerprint density at radius 1 is 0.597 bits per heavy atom. The third-order valence-electron chi connectivity index (χ3n) is 13.1. The molecule has 13 nitrogen and oxygen atoms in total. The molecular formula is C50H59Cl4N7O6. The summed E-state index contributed by atoms with van der Waals surface area (Å²) in [6.45, 7) is 2.39. The Bertz CT molecular complexity index is 2310. The van der Waals surface area contributed by atoms with E-state index in [1.54, 1.807) is 43.4 Å². The number of carbonyl (C=O) groups excluding carboxylic acids is 4. The summed E-state index contributed by atoms with van der Waals surface area (Å²) in [5.41, 5.74) is 8.50. The van der Waals surface area contributed by atoms with Gasteiger partial charge in [0.25, 0.3) is 5.91 Å². The van der Waals surface area contributed by atoms with E-state index in [4.69, 9.17) is 61.6 Å². The molecule has 0 saturated carbocycles. The van der Waals surface area contributed by atoms with Gasteiger partial charge in [0.1, 0.15) is 11.5 Å². The van der Waals surface area contributed by atoms with Crippen LogP contribution >= 0.6 is 46.4 Å². The van der Waals surface area contributed by atoms with Gasteiger partial charge in [-0.2, -0.15) is 0 Å². The highest BCUT2D eigenvalue weighted by Gasteiger charge is 2.42. The number of primary amides is 1. The molecular weight excluding hydrogens is 936 g/mol. The summed E-state index contributed by atoms with van der Waals surface area (Å²) in [5.74, 6) is 0.645. The molecule has 67 heavy (non-hydrogen) atoms. The molecule has 0 aromatic heterocycles. The lowest BCUT2D eigenvalue weighted by atomic mass is 9.96. The fraction of sp³-hybridized carbons (Fsp3) is 0.440. The Morgan fingerprint density at radius 2 is 1.04 bits per heavy atom. The number of amides is 5. The summed E-state index contributed by atoms with van der Waals surface area (Å²) in [4.78, 5) is 53.4. The minimum atomic E-state index is -0.711. The summed E-state index contributed by atoms with van der Waals surface area (Å²) in [6, 6.07) is 27.6. The SMILES string of the molecule is CNC(=O)c1cc(Cl)ccc1OCCCC(=O)NC1CC2CCC(C1)N2Cc1ccc(Cl)cc1.NC(=O)Nc1cc(Cl)ccc1OCCC(=O)NC1CC2CCC(C1)N2Cc1ccc(Cl)cc1. The van der Waals surface area contributed by atoms with E-state index in [1.165, 1.54) is 36.8 Å². The summed E-state index contributed by atoms with van der Waals surface area (Å²) < 4.78 is 11.5. The number of piperidine rings is 2. The van der Waals surface area contributed by atoms with E-state index in [0.717, 1.165) is 48.8 Å². The van der Waals surface area contributed by atoms with Crippen molar-refractivity contribution in [3.05, 3.63) is 122 Å². The number of fused-ring (bicyclic) bond motifs is 4. The third kappa shape index (κ3) is 14.4. The minimum Gasteiger partial charge on any atom is -0.493 e. The molecule has 4 aromatic rings. The Balaban J connectivity index is 0.000000199. The summed E-state index contributed by atoms with van der Waals surface area (Å²) >= 11 is 24.0. The van der Waals surface area contributed by atoms with Crippen LogP contribution in [0.25, 0.3) is 0 Å². The number of carbonyl (C=O) groups is 4. The largest absolute Gasteiger partial charge is 0.493 e. The van der Waals surface area contributed by atoms with E-state index >= 15 is 0 Å². The normalized spacial score (nSPS) is 21.9. The molecule has 4 aromatic carbocycles. The first-order valence-corrected chi connectivity index (χ1v) is 24.5. The van der Waals surface area contributed by atoms with E-state index in [-0.39, 0.29) is 42.8 Å². The smallest absolute Gasteiger partial charge is 0.316 e. The van der Waals surface area contributed by atoms with E-state index < -0.39 is 6.03 Å². The van der Waals surface area contributed by atoms with Gasteiger partial charge in [-0.1, -0.05) is 70.7 Å². The van der Waals surface area contributed by atoms with Crippen molar-refractivity contribution in [3.8, 4) is 11.5 Å². The molecule has 358 valence electrons. The van der Waals surface area contributed by atoms with Crippen LogP contribution in [0, 0.1) is 0 Å². The quantitative estimate of drug-likeness (QED) is 0.0653. The zero-order valence-corrected chi connectivity index (χ0v) is 40.6. The van der Waals surface area contributed by atoms with Crippen LogP contribution in [0.5, 0.6) is 11.5 Å². The fourth-order valence-corrected chi connectivity index (χ4v) is 10.6. The monoisotopic (exact) mass is 993 g/mol. The fourth-order valence-electron chi connectivity index (χ4n) is 9.97. The highest BCUT2D eigenvalue weighted by atomic mass is 35.5. The van der Waals surface area contributed by atoms with Crippen LogP contribution in [0.15, 0.2) is 84.9 Å². The Labute approximate surface area is 412 Å².